The van der Waals surface area contributed by atoms with Gasteiger partial charge in [0.05, 0.1) is 5.75 Å². The van der Waals surface area contributed by atoms with Gasteiger partial charge in [0.2, 0.25) is 5.91 Å². The minimum atomic E-state index is -0.290. The highest BCUT2D eigenvalue weighted by Crippen LogP contribution is 2.23. The van der Waals surface area contributed by atoms with Crippen molar-refractivity contribution >= 4 is 40.6 Å². The predicted octanol–water partition coefficient (Wildman–Crippen LogP) is 3.49. The van der Waals surface area contributed by atoms with Crippen LogP contribution in [0.1, 0.15) is 0 Å². The van der Waals surface area contributed by atoms with Crippen LogP contribution in [0.15, 0.2) is 70.6 Å². The molecule has 0 aliphatic heterocycles. The van der Waals surface area contributed by atoms with Gasteiger partial charge in [-0.3, -0.25) is 14.7 Å². The Balaban J connectivity index is 1.63. The molecular formula is C20H16ClN5O2S. The van der Waals surface area contributed by atoms with Crippen molar-refractivity contribution in [2.24, 2.45) is 0 Å². The van der Waals surface area contributed by atoms with E-state index in [9.17, 15) is 9.59 Å². The SMILES string of the molecule is CN(C(=O)CSc1nc(-c2ccc(Cl)cc2)nc2cc(=O)[nH]n12)c1ccccc1. The van der Waals surface area contributed by atoms with Crippen LogP contribution < -0.4 is 10.5 Å². The van der Waals surface area contributed by atoms with Gasteiger partial charge in [-0.25, -0.2) is 14.5 Å². The second-order valence-corrected chi connectivity index (χ2v) is 7.61. The first-order chi connectivity index (χ1) is 14.0. The number of halogens is 1. The minimum absolute atomic E-state index is 0.0875. The highest BCUT2D eigenvalue weighted by molar-refractivity contribution is 7.99. The van der Waals surface area contributed by atoms with Crippen LogP contribution in [-0.4, -0.2) is 38.3 Å². The Morgan fingerprint density at radius 2 is 1.86 bits per heavy atom. The fourth-order valence-electron chi connectivity index (χ4n) is 2.73. The normalized spacial score (nSPS) is 11.0. The molecule has 1 amide bonds. The Morgan fingerprint density at radius 1 is 1.14 bits per heavy atom. The van der Waals surface area contributed by atoms with E-state index in [0.29, 0.717) is 21.7 Å². The fourth-order valence-corrected chi connectivity index (χ4v) is 3.72. The van der Waals surface area contributed by atoms with Crippen LogP contribution in [0.5, 0.6) is 0 Å². The fraction of sp³-hybridized carbons (Fsp3) is 0.100. The lowest BCUT2D eigenvalue weighted by Gasteiger charge is -2.17. The molecule has 0 spiro atoms. The van der Waals surface area contributed by atoms with Crippen LogP contribution in [0, 0.1) is 0 Å². The molecule has 9 heteroatoms. The molecule has 7 nitrogen and oxygen atoms in total. The Labute approximate surface area is 175 Å². The maximum absolute atomic E-state index is 12.6. The van der Waals surface area contributed by atoms with Gasteiger partial charge >= 0.3 is 0 Å². The molecule has 0 aliphatic rings. The lowest BCUT2D eigenvalue weighted by molar-refractivity contribution is -0.115. The van der Waals surface area contributed by atoms with E-state index in [-0.39, 0.29) is 17.2 Å². The number of carbonyl (C=O) groups is 1. The summed E-state index contributed by atoms with van der Waals surface area (Å²) in [7, 11) is 1.73. The molecule has 0 fully saturated rings. The van der Waals surface area contributed by atoms with Gasteiger partial charge in [-0.2, -0.15) is 0 Å². The summed E-state index contributed by atoms with van der Waals surface area (Å²) in [6, 6.07) is 17.9. The molecule has 2 aromatic heterocycles. The van der Waals surface area contributed by atoms with Crippen LogP contribution in [-0.2, 0) is 4.79 Å². The van der Waals surface area contributed by atoms with E-state index in [4.69, 9.17) is 11.6 Å². The number of H-pyrrole nitrogens is 1. The maximum atomic E-state index is 12.6. The van der Waals surface area contributed by atoms with Crippen molar-refractivity contribution < 1.29 is 4.79 Å². The Morgan fingerprint density at radius 3 is 2.59 bits per heavy atom. The largest absolute Gasteiger partial charge is 0.315 e. The first-order valence-electron chi connectivity index (χ1n) is 8.71. The van der Waals surface area contributed by atoms with Crippen LogP contribution >= 0.6 is 23.4 Å². The van der Waals surface area contributed by atoms with Crippen molar-refractivity contribution in [2.75, 3.05) is 17.7 Å². The summed E-state index contributed by atoms with van der Waals surface area (Å²) in [5, 5.41) is 3.75. The maximum Gasteiger partial charge on any atom is 0.266 e. The van der Waals surface area contributed by atoms with Crippen LogP contribution in [0.4, 0.5) is 5.69 Å². The van der Waals surface area contributed by atoms with E-state index >= 15 is 0 Å². The lowest BCUT2D eigenvalue weighted by Crippen LogP contribution is -2.28. The summed E-state index contributed by atoms with van der Waals surface area (Å²) < 4.78 is 1.49. The Hall–Kier alpha value is -3.10. The van der Waals surface area contributed by atoms with E-state index in [1.807, 2.05) is 42.5 Å². The number of benzene rings is 2. The quantitative estimate of drug-likeness (QED) is 0.495. The minimum Gasteiger partial charge on any atom is -0.315 e. The molecule has 4 aromatic rings. The summed E-state index contributed by atoms with van der Waals surface area (Å²) in [6.45, 7) is 0. The molecule has 0 bridgehead atoms. The molecule has 0 radical (unpaired) electrons. The van der Waals surface area contributed by atoms with Gasteiger partial charge < -0.3 is 4.90 Å². The standard InChI is InChI=1S/C20H16ClN5O2S/c1-25(15-5-3-2-4-6-15)18(28)12-29-20-23-19(13-7-9-14(21)10-8-13)22-16-11-17(27)24-26(16)20/h2-11H,12H2,1H3,(H,24,27). The van der Waals surface area contributed by atoms with Gasteiger partial charge in [0.1, 0.15) is 0 Å². The van der Waals surface area contributed by atoms with E-state index in [1.54, 1.807) is 24.1 Å². The topological polar surface area (TPSA) is 83.4 Å². The number of hydrogen-bond donors (Lipinski definition) is 1. The summed E-state index contributed by atoms with van der Waals surface area (Å²) in [6.07, 6.45) is 0. The highest BCUT2D eigenvalue weighted by atomic mass is 35.5. The van der Waals surface area contributed by atoms with Crippen molar-refractivity contribution in [3.63, 3.8) is 0 Å². The number of para-hydroxylation sites is 1. The highest BCUT2D eigenvalue weighted by Gasteiger charge is 2.16. The lowest BCUT2D eigenvalue weighted by atomic mass is 10.2. The van der Waals surface area contributed by atoms with Crippen LogP contribution in [0.2, 0.25) is 5.02 Å². The zero-order valence-electron chi connectivity index (χ0n) is 15.4. The molecule has 0 atom stereocenters. The summed E-state index contributed by atoms with van der Waals surface area (Å²) in [5.41, 5.74) is 1.71. The summed E-state index contributed by atoms with van der Waals surface area (Å²) in [4.78, 5) is 35.0. The Kier molecular flexibility index (Phi) is 5.37. The molecule has 29 heavy (non-hydrogen) atoms. The van der Waals surface area contributed by atoms with Crippen molar-refractivity contribution in [1.29, 1.82) is 0 Å². The molecule has 1 N–H and O–H groups in total. The number of rotatable bonds is 5. The summed E-state index contributed by atoms with van der Waals surface area (Å²) >= 11 is 7.19. The van der Waals surface area contributed by atoms with Crippen molar-refractivity contribution in [2.45, 2.75) is 5.16 Å². The third-order valence-electron chi connectivity index (χ3n) is 4.27. The molecule has 0 saturated carbocycles. The van der Waals surface area contributed by atoms with E-state index in [0.717, 1.165) is 11.3 Å². The molecule has 0 aliphatic carbocycles. The Bertz CT molecular complexity index is 1220. The number of carbonyl (C=O) groups excluding carboxylic acids is 1. The number of nitrogens with one attached hydrogen (secondary N) is 1. The van der Waals surface area contributed by atoms with Gasteiger partial charge in [-0.15, -0.1) is 0 Å². The smallest absolute Gasteiger partial charge is 0.266 e. The first-order valence-corrected chi connectivity index (χ1v) is 10.1. The third-order valence-corrected chi connectivity index (χ3v) is 5.44. The summed E-state index contributed by atoms with van der Waals surface area (Å²) in [5.74, 6) is 0.514. The molecule has 2 aromatic carbocycles. The zero-order valence-corrected chi connectivity index (χ0v) is 16.9. The molecule has 146 valence electrons. The molecular weight excluding hydrogens is 410 g/mol. The second kappa shape index (κ2) is 8.10. The van der Waals surface area contributed by atoms with Crippen molar-refractivity contribution in [3.05, 3.63) is 76.0 Å². The predicted molar refractivity (Wildman–Crippen MR) is 115 cm³/mol. The van der Waals surface area contributed by atoms with Gasteiger partial charge in [0, 0.05) is 29.4 Å². The average Bonchev–Trinajstić information content (AvgIpc) is 3.12. The number of aromatic amines is 1. The van der Waals surface area contributed by atoms with Crippen molar-refractivity contribution in [1.82, 2.24) is 19.6 Å². The zero-order chi connectivity index (χ0) is 20.4. The van der Waals surface area contributed by atoms with Gasteiger partial charge in [0.25, 0.3) is 5.56 Å². The van der Waals surface area contributed by atoms with E-state index in [2.05, 4.69) is 15.1 Å². The van der Waals surface area contributed by atoms with Gasteiger partial charge in [-0.1, -0.05) is 41.6 Å². The van der Waals surface area contributed by atoms with Gasteiger partial charge in [-0.05, 0) is 36.4 Å². The van der Waals surface area contributed by atoms with Crippen molar-refractivity contribution in [3.8, 4) is 11.4 Å². The third kappa shape index (κ3) is 4.18. The van der Waals surface area contributed by atoms with Crippen LogP contribution in [0.3, 0.4) is 0 Å². The first kappa shape index (κ1) is 19.2. The molecule has 4 rings (SSSR count). The number of amides is 1. The van der Waals surface area contributed by atoms with Crippen LogP contribution in [0.25, 0.3) is 17.0 Å². The van der Waals surface area contributed by atoms with Gasteiger partial charge in [0.15, 0.2) is 16.6 Å². The molecule has 0 saturated heterocycles. The number of nitrogens with zero attached hydrogens (tertiary/aromatic N) is 4. The number of anilines is 1. The monoisotopic (exact) mass is 425 g/mol. The number of aromatic nitrogens is 4. The second-order valence-electron chi connectivity index (χ2n) is 6.23. The number of thioether (sulfide) groups is 1. The molecule has 2 heterocycles. The van der Waals surface area contributed by atoms with E-state index in [1.165, 1.54) is 22.3 Å². The number of hydrogen-bond acceptors (Lipinski definition) is 5. The van der Waals surface area contributed by atoms with E-state index < -0.39 is 0 Å². The number of fused-ring (bicyclic) bond motifs is 1. The average molecular weight is 426 g/mol. The molecule has 0 unspecified atom stereocenters.